The Hall–Kier alpha value is -1.01. The zero-order valence-electron chi connectivity index (χ0n) is 3.55. The second-order valence-corrected chi connectivity index (χ2v) is 0.626. The average molecular weight is 108 g/mol. The summed E-state index contributed by atoms with van der Waals surface area (Å²) in [7, 11) is 0. The number of nitrogens with one attached hydrogen (secondary N) is 1. The second-order valence-electron chi connectivity index (χ2n) is 0.626. The van der Waals surface area contributed by atoms with Gasteiger partial charge < -0.3 is 17.1 Å². The molecule has 6 nitrogen and oxygen atoms in total. The van der Waals surface area contributed by atoms with Gasteiger partial charge in [-0.15, -0.1) is 5.10 Å². The Morgan fingerprint density at radius 1 is 1.71 bits per heavy atom. The Morgan fingerprint density at radius 2 is 2.14 bits per heavy atom. The lowest BCUT2D eigenvalue weighted by Crippen LogP contribution is -2.29. The molecule has 0 atom stereocenters. The van der Waals surface area contributed by atoms with Crippen molar-refractivity contribution in [3.8, 4) is 0 Å². The molecule has 0 rings (SSSR count). The first-order valence-electron chi connectivity index (χ1n) is 1.24. The van der Waals surface area contributed by atoms with E-state index in [2.05, 4.69) is 10.9 Å². The zero-order chi connectivity index (χ0) is 4.99. The molecule has 0 fully saturated rings. The van der Waals surface area contributed by atoms with Crippen molar-refractivity contribution in [1.29, 1.82) is 0 Å². The molecule has 0 unspecified atom stereocenters. The van der Waals surface area contributed by atoms with E-state index < -0.39 is 0 Å². The molecule has 7 heavy (non-hydrogen) atoms. The Bertz CT molecular complexity index is 60.7. The number of hydrogen-bond acceptors (Lipinski definition) is 3. The molecule has 44 valence electrons. The van der Waals surface area contributed by atoms with Crippen molar-refractivity contribution in [2.75, 3.05) is 0 Å². The molecule has 0 amide bonds. The largest absolute Gasteiger partial charge is 0.412 e. The molecule has 0 radical (unpaired) electrons. The summed E-state index contributed by atoms with van der Waals surface area (Å²) in [6.07, 6.45) is 0. The maximum Gasteiger partial charge on any atom is 0.234 e. The van der Waals surface area contributed by atoms with E-state index in [1.807, 2.05) is 0 Å². The predicted molar refractivity (Wildman–Crippen MR) is 24.3 cm³/mol. The van der Waals surface area contributed by atoms with Gasteiger partial charge in [0.15, 0.2) is 0 Å². The fourth-order valence-electron chi connectivity index (χ4n) is 0.0289. The van der Waals surface area contributed by atoms with Gasteiger partial charge in [-0.1, -0.05) is 0 Å². The molecule has 0 heterocycles. The number of hydrazone groups is 1. The molecule has 0 aromatic carbocycles. The van der Waals surface area contributed by atoms with Crippen molar-refractivity contribution in [3.63, 3.8) is 0 Å². The fourth-order valence-corrected chi connectivity index (χ4v) is 0.0289. The van der Waals surface area contributed by atoms with E-state index in [0.717, 1.165) is 0 Å². The number of nitrogens with zero attached hydrogens (tertiary/aromatic N) is 1. The van der Waals surface area contributed by atoms with Crippen molar-refractivity contribution in [3.05, 3.63) is 0 Å². The lowest BCUT2D eigenvalue weighted by molar-refractivity contribution is 0.232. The highest BCUT2D eigenvalue weighted by Crippen LogP contribution is 1.41. The van der Waals surface area contributed by atoms with Crippen molar-refractivity contribution >= 4 is 5.96 Å². The van der Waals surface area contributed by atoms with Gasteiger partial charge in [0.1, 0.15) is 0 Å². The van der Waals surface area contributed by atoms with Gasteiger partial charge in [0.2, 0.25) is 5.96 Å². The van der Waals surface area contributed by atoms with E-state index in [1.165, 1.54) is 5.48 Å². The Balaban J connectivity index is 0. The van der Waals surface area contributed by atoms with E-state index in [4.69, 9.17) is 10.9 Å². The first kappa shape index (κ1) is 9.37. The van der Waals surface area contributed by atoms with Crippen LogP contribution in [0.1, 0.15) is 0 Å². The van der Waals surface area contributed by atoms with Crippen LogP contribution in [0.15, 0.2) is 5.10 Å². The van der Waals surface area contributed by atoms with E-state index in [9.17, 15) is 0 Å². The van der Waals surface area contributed by atoms with E-state index >= 15 is 0 Å². The molecule has 0 aromatic rings. The van der Waals surface area contributed by atoms with Crippen LogP contribution in [-0.2, 0) is 0 Å². The maximum atomic E-state index is 7.75. The van der Waals surface area contributed by atoms with Crippen LogP contribution in [0.4, 0.5) is 0 Å². The number of guanidine groups is 1. The third-order valence-corrected chi connectivity index (χ3v) is 0.254. The monoisotopic (exact) mass is 108 g/mol. The molecular weight excluding hydrogens is 100 g/mol. The number of rotatable bonds is 0. The first-order valence-corrected chi connectivity index (χ1v) is 1.24. The Labute approximate surface area is 40.1 Å². The van der Waals surface area contributed by atoms with Gasteiger partial charge in [-0.25, -0.2) is 5.48 Å². The molecule has 0 aliphatic heterocycles. The minimum Gasteiger partial charge on any atom is -0.412 e. The van der Waals surface area contributed by atoms with Gasteiger partial charge >= 0.3 is 0 Å². The van der Waals surface area contributed by atoms with Gasteiger partial charge in [0, 0.05) is 0 Å². The molecule has 0 aromatic heterocycles. The highest BCUT2D eigenvalue weighted by molar-refractivity contribution is 5.75. The molecule has 0 bridgehead atoms. The third kappa shape index (κ3) is 4.99. The van der Waals surface area contributed by atoms with Crippen LogP contribution in [0.2, 0.25) is 0 Å². The Kier molecular flexibility index (Phi) is 6.68. The van der Waals surface area contributed by atoms with Gasteiger partial charge in [-0.3, -0.25) is 5.21 Å². The molecule has 0 aliphatic rings. The van der Waals surface area contributed by atoms with Gasteiger partial charge in [-0.2, -0.15) is 0 Å². The molecule has 8 N–H and O–H groups in total. The summed E-state index contributed by atoms with van der Waals surface area (Å²) in [5.41, 5.74) is 6.25. The summed E-state index contributed by atoms with van der Waals surface area (Å²) in [5.74, 6) is 4.32. The van der Waals surface area contributed by atoms with E-state index in [-0.39, 0.29) is 11.4 Å². The molecule has 0 saturated heterocycles. The van der Waals surface area contributed by atoms with Crippen LogP contribution in [0.25, 0.3) is 0 Å². The quantitative estimate of drug-likeness (QED) is 0.117. The summed E-state index contributed by atoms with van der Waals surface area (Å²) >= 11 is 0. The van der Waals surface area contributed by atoms with Crippen molar-refractivity contribution in [1.82, 2.24) is 5.48 Å². The molecule has 0 saturated carbocycles. The summed E-state index contributed by atoms with van der Waals surface area (Å²) in [6.45, 7) is 0. The number of hydroxylamine groups is 1. The van der Waals surface area contributed by atoms with E-state index in [1.54, 1.807) is 0 Å². The van der Waals surface area contributed by atoms with Crippen molar-refractivity contribution in [2.24, 2.45) is 16.7 Å². The average Bonchev–Trinajstić information content (AvgIpc) is 1.65. The van der Waals surface area contributed by atoms with Crippen LogP contribution < -0.4 is 17.1 Å². The van der Waals surface area contributed by atoms with Crippen molar-refractivity contribution < 1.29 is 10.7 Å². The SMILES string of the molecule is NN=C(N)NO.O. The molecule has 0 spiro atoms. The normalized spacial score (nSPS) is 9.57. The zero-order valence-corrected chi connectivity index (χ0v) is 3.55. The highest BCUT2D eigenvalue weighted by atomic mass is 16.5. The maximum absolute atomic E-state index is 7.75. The summed E-state index contributed by atoms with van der Waals surface area (Å²) in [4.78, 5) is 0. The number of nitrogens with two attached hydrogens (primary N) is 2. The third-order valence-electron chi connectivity index (χ3n) is 0.254. The highest BCUT2D eigenvalue weighted by Gasteiger charge is 1.74. The molecular formula is CH8N4O2. The minimum absolute atomic E-state index is 0. The van der Waals surface area contributed by atoms with Crippen molar-refractivity contribution in [2.45, 2.75) is 0 Å². The molecule has 6 heteroatoms. The lowest BCUT2D eigenvalue weighted by Gasteiger charge is -1.88. The van der Waals surface area contributed by atoms with Gasteiger partial charge in [-0.05, 0) is 0 Å². The first-order chi connectivity index (χ1) is 2.81. The topological polar surface area (TPSA) is 128 Å². The van der Waals surface area contributed by atoms with Crippen LogP contribution in [0.5, 0.6) is 0 Å². The van der Waals surface area contributed by atoms with Crippen LogP contribution in [0, 0.1) is 0 Å². The standard InChI is InChI=1S/CH6N4O.H2O/c2-1(4-3)5-6;/h6H,3H2,(H3,2,4,5);1H2. The van der Waals surface area contributed by atoms with Crippen LogP contribution >= 0.6 is 0 Å². The van der Waals surface area contributed by atoms with Crippen LogP contribution in [-0.4, -0.2) is 16.6 Å². The summed E-state index contributed by atoms with van der Waals surface area (Å²) in [6, 6.07) is 0. The Morgan fingerprint density at radius 3 is 2.14 bits per heavy atom. The fraction of sp³-hybridized carbons (Fsp3) is 0. The second kappa shape index (κ2) is 4.99. The smallest absolute Gasteiger partial charge is 0.234 e. The summed E-state index contributed by atoms with van der Waals surface area (Å²) < 4.78 is 0. The minimum atomic E-state index is -0.199. The van der Waals surface area contributed by atoms with Crippen LogP contribution in [0.3, 0.4) is 0 Å². The number of hydrogen-bond donors (Lipinski definition) is 4. The van der Waals surface area contributed by atoms with Gasteiger partial charge in [0.05, 0.1) is 0 Å². The lowest BCUT2D eigenvalue weighted by atomic mass is 11.1. The van der Waals surface area contributed by atoms with Gasteiger partial charge in [0.25, 0.3) is 0 Å². The predicted octanol–water partition coefficient (Wildman–Crippen LogP) is -2.67. The van der Waals surface area contributed by atoms with E-state index in [0.29, 0.717) is 0 Å². The summed E-state index contributed by atoms with van der Waals surface area (Å²) in [5, 5.41) is 10.6. The molecule has 0 aliphatic carbocycles.